The summed E-state index contributed by atoms with van der Waals surface area (Å²) >= 11 is 0. The minimum absolute atomic E-state index is 0.00445. The molecule has 0 bridgehead atoms. The predicted octanol–water partition coefficient (Wildman–Crippen LogP) is 4.36. The number of fused-ring (bicyclic) bond motifs is 7. The molecule has 0 amide bonds. The van der Waals surface area contributed by atoms with Crippen LogP contribution in [0.1, 0.15) is 62.5 Å². The van der Waals surface area contributed by atoms with Crippen LogP contribution < -0.4 is 4.74 Å². The van der Waals surface area contributed by atoms with E-state index in [0.29, 0.717) is 25.2 Å². The molecule has 3 saturated carbocycles. The molecule has 4 fully saturated rings. The maximum atomic E-state index is 13.7. The molecule has 7 rings (SSSR count). The van der Waals surface area contributed by atoms with Crippen molar-refractivity contribution < 1.29 is 39.1 Å². The second kappa shape index (κ2) is 10.7. The van der Waals surface area contributed by atoms with Crippen molar-refractivity contribution in [2.75, 3.05) is 6.61 Å². The van der Waals surface area contributed by atoms with Crippen LogP contribution in [0.4, 0.5) is 0 Å². The fourth-order valence-corrected chi connectivity index (χ4v) is 9.51. The number of ether oxygens (including phenoxy) is 3. The Morgan fingerprint density at radius 3 is 2.64 bits per heavy atom. The van der Waals surface area contributed by atoms with Gasteiger partial charge in [-0.3, -0.25) is 9.59 Å². The summed E-state index contributed by atoms with van der Waals surface area (Å²) in [5, 5.41) is 31.4. The summed E-state index contributed by atoms with van der Waals surface area (Å²) in [5.41, 5.74) is 1.03. The van der Waals surface area contributed by atoms with Gasteiger partial charge in [0.1, 0.15) is 19.0 Å². The van der Waals surface area contributed by atoms with Gasteiger partial charge in [-0.05, 0) is 72.9 Å². The van der Waals surface area contributed by atoms with Crippen molar-refractivity contribution in [1.29, 1.82) is 0 Å². The number of allylic oxidation sites excluding steroid dienone is 4. The Morgan fingerprint density at radius 2 is 1.89 bits per heavy atom. The number of carbonyl (C=O) groups excluding carboxylic acids is 2. The highest BCUT2D eigenvalue weighted by Crippen LogP contribution is 2.70. The first-order valence-corrected chi connectivity index (χ1v) is 15.6. The van der Waals surface area contributed by atoms with Gasteiger partial charge in [-0.15, -0.1) is 0 Å². The highest BCUT2D eigenvalue weighted by molar-refractivity contribution is 6.01. The van der Waals surface area contributed by atoms with E-state index >= 15 is 0 Å². The van der Waals surface area contributed by atoms with Gasteiger partial charge in [0, 0.05) is 22.3 Å². The number of hydrogen-bond acceptors (Lipinski definition) is 8. The van der Waals surface area contributed by atoms with Gasteiger partial charge < -0.3 is 29.5 Å². The second-order valence-electron chi connectivity index (χ2n) is 13.7. The molecule has 0 aromatic heterocycles. The average Bonchev–Trinajstić information content (AvgIpc) is 3.53. The highest BCUT2D eigenvalue weighted by atomic mass is 16.7. The van der Waals surface area contributed by atoms with E-state index in [-0.39, 0.29) is 30.1 Å². The van der Waals surface area contributed by atoms with E-state index in [1.54, 1.807) is 18.2 Å². The van der Waals surface area contributed by atoms with Gasteiger partial charge in [0.15, 0.2) is 23.5 Å². The van der Waals surface area contributed by atoms with Crippen LogP contribution in [0.15, 0.2) is 72.3 Å². The van der Waals surface area contributed by atoms with Gasteiger partial charge in [-0.25, -0.2) is 0 Å². The number of benzene rings is 2. The third-order valence-corrected chi connectivity index (χ3v) is 11.5. The summed E-state index contributed by atoms with van der Waals surface area (Å²) in [6.07, 6.45) is 5.81. The summed E-state index contributed by atoms with van der Waals surface area (Å²) in [4.78, 5) is 25.9. The molecule has 44 heavy (non-hydrogen) atoms. The van der Waals surface area contributed by atoms with Gasteiger partial charge in [0.25, 0.3) is 0 Å². The summed E-state index contributed by atoms with van der Waals surface area (Å²) in [7, 11) is 0. The van der Waals surface area contributed by atoms with Crippen LogP contribution in [0, 0.1) is 28.6 Å². The molecule has 4 aliphatic carbocycles. The van der Waals surface area contributed by atoms with Crippen LogP contribution in [0.3, 0.4) is 0 Å². The Bertz CT molecular complexity index is 1530. The number of Topliss-reactive ketones (excluding diaryl/α,β-unsaturated/α-hetero) is 1. The molecule has 1 aliphatic heterocycles. The van der Waals surface area contributed by atoms with Crippen molar-refractivity contribution in [3.63, 3.8) is 0 Å². The third-order valence-electron chi connectivity index (χ3n) is 11.5. The molecule has 0 radical (unpaired) electrons. The summed E-state index contributed by atoms with van der Waals surface area (Å²) in [5.74, 6) is 0.344. The van der Waals surface area contributed by atoms with Gasteiger partial charge in [0.2, 0.25) is 0 Å². The monoisotopic (exact) mass is 600 g/mol. The zero-order valence-corrected chi connectivity index (χ0v) is 25.1. The van der Waals surface area contributed by atoms with Crippen LogP contribution in [-0.4, -0.2) is 51.3 Å². The molecule has 232 valence electrons. The molecule has 1 saturated heterocycles. The highest BCUT2D eigenvalue weighted by Gasteiger charge is 2.75. The normalized spacial score (nSPS) is 38.8. The van der Waals surface area contributed by atoms with E-state index in [1.165, 1.54) is 0 Å². The topological polar surface area (TPSA) is 123 Å². The van der Waals surface area contributed by atoms with E-state index in [1.807, 2.05) is 55.5 Å². The van der Waals surface area contributed by atoms with Crippen LogP contribution in [0.5, 0.6) is 5.75 Å². The van der Waals surface area contributed by atoms with E-state index in [9.17, 15) is 24.9 Å². The molecule has 5 aliphatic rings. The number of aliphatic hydroxyl groups excluding tert-OH is 3. The Hall–Kier alpha value is -3.14. The maximum Gasteiger partial charge on any atom is 0.193 e. The van der Waals surface area contributed by atoms with Crippen LogP contribution in [0.25, 0.3) is 0 Å². The molecule has 8 heteroatoms. The van der Waals surface area contributed by atoms with Crippen LogP contribution in [0.2, 0.25) is 0 Å². The van der Waals surface area contributed by atoms with Gasteiger partial charge in [-0.2, -0.15) is 0 Å². The van der Waals surface area contributed by atoms with E-state index < -0.39 is 47.3 Å². The molecule has 9 atom stereocenters. The number of ketones is 2. The third kappa shape index (κ3) is 4.30. The quantitative estimate of drug-likeness (QED) is 0.429. The standard InChI is InChI=1S/C36H40O8/c1-34-13-12-25(39)15-24(34)10-11-27-28-16-31-36(30(41)19-38,35(28,2)17-29(40)32(27)34)44-33(43-31)23-8-6-21(7-9-23)20-42-26-5-3-4-22(14-26)18-37/h3-9,12-15,27-29,31-33,37-38,40H,10-11,16-20H2,1-2H3/t27-,28-,29-,31+,32+,33+,34-,35-,36+/m0/s1. The molecule has 0 spiro atoms. The summed E-state index contributed by atoms with van der Waals surface area (Å²) < 4.78 is 19.1. The molecule has 2 aromatic rings. The van der Waals surface area contributed by atoms with E-state index in [0.717, 1.165) is 35.1 Å². The number of hydrogen-bond donors (Lipinski definition) is 3. The first kappa shape index (κ1) is 29.6. The largest absolute Gasteiger partial charge is 0.489 e. The number of aliphatic hydroxyl groups is 3. The summed E-state index contributed by atoms with van der Waals surface area (Å²) in [6.45, 7) is 3.79. The second-order valence-corrected chi connectivity index (χ2v) is 13.7. The lowest BCUT2D eigenvalue weighted by molar-refractivity contribution is -0.201. The molecular weight excluding hydrogens is 560 g/mol. The fourth-order valence-electron chi connectivity index (χ4n) is 9.51. The van der Waals surface area contributed by atoms with Crippen molar-refractivity contribution in [3.05, 3.63) is 89.0 Å². The minimum Gasteiger partial charge on any atom is -0.489 e. The predicted molar refractivity (Wildman–Crippen MR) is 160 cm³/mol. The molecule has 0 unspecified atom stereocenters. The van der Waals surface area contributed by atoms with E-state index in [4.69, 9.17) is 14.2 Å². The lowest BCUT2D eigenvalue weighted by atomic mass is 9.46. The number of rotatable bonds is 7. The van der Waals surface area contributed by atoms with Gasteiger partial charge in [-0.1, -0.05) is 61.9 Å². The number of carbonyl (C=O) groups is 2. The fraction of sp³-hybridized carbons (Fsp3) is 0.500. The molecule has 2 aromatic carbocycles. The SMILES string of the molecule is C[C@]12C=CC(=O)C=C1CC[C@@H]1[C@@H]2[C@@H](O)C[C@@]2(C)[C@H]1C[C@H]1O[C@@H](c3ccc(COc4cccc(CO)c4)cc3)O[C@]12C(=O)CO. The smallest absolute Gasteiger partial charge is 0.193 e. The van der Waals surface area contributed by atoms with Gasteiger partial charge in [0.05, 0.1) is 18.8 Å². The molecule has 3 N–H and O–H groups in total. The Labute approximate surface area is 257 Å². The zero-order valence-electron chi connectivity index (χ0n) is 25.1. The first-order valence-electron chi connectivity index (χ1n) is 15.6. The Morgan fingerprint density at radius 1 is 1.09 bits per heavy atom. The molecular formula is C36H40O8. The Kier molecular flexibility index (Phi) is 7.22. The first-order chi connectivity index (χ1) is 21.1. The molecule has 8 nitrogen and oxygen atoms in total. The van der Waals surface area contributed by atoms with Gasteiger partial charge >= 0.3 is 0 Å². The van der Waals surface area contributed by atoms with Crippen molar-refractivity contribution in [2.24, 2.45) is 28.6 Å². The van der Waals surface area contributed by atoms with Crippen molar-refractivity contribution in [2.45, 2.75) is 76.8 Å². The van der Waals surface area contributed by atoms with Crippen LogP contribution >= 0.6 is 0 Å². The lowest BCUT2D eigenvalue weighted by Crippen LogP contribution is -2.63. The lowest BCUT2D eigenvalue weighted by Gasteiger charge is -2.59. The molecule has 1 heterocycles. The minimum atomic E-state index is -1.38. The van der Waals surface area contributed by atoms with E-state index in [2.05, 4.69) is 6.92 Å². The maximum absolute atomic E-state index is 13.7. The van der Waals surface area contributed by atoms with Crippen molar-refractivity contribution >= 4 is 11.6 Å². The van der Waals surface area contributed by atoms with Crippen molar-refractivity contribution in [3.8, 4) is 5.75 Å². The Balaban J connectivity index is 1.13. The summed E-state index contributed by atoms with van der Waals surface area (Å²) in [6, 6.07) is 15.0. The zero-order chi connectivity index (χ0) is 30.9. The average molecular weight is 601 g/mol. The van der Waals surface area contributed by atoms with Crippen molar-refractivity contribution in [1.82, 2.24) is 0 Å². The van der Waals surface area contributed by atoms with Crippen LogP contribution in [-0.2, 0) is 32.3 Å².